The molecule has 1 aliphatic heterocycles. The summed E-state index contributed by atoms with van der Waals surface area (Å²) < 4.78 is 1.56. The molecule has 1 amide bonds. The van der Waals surface area contributed by atoms with Gasteiger partial charge in [-0.2, -0.15) is 0 Å². The first kappa shape index (κ1) is 12.7. The summed E-state index contributed by atoms with van der Waals surface area (Å²) >= 11 is 1.53. The van der Waals surface area contributed by atoms with Crippen LogP contribution in [0.1, 0.15) is 23.2 Å². The van der Waals surface area contributed by atoms with Crippen LogP contribution in [0.4, 0.5) is 0 Å². The lowest BCUT2D eigenvalue weighted by Crippen LogP contribution is -2.41. The maximum atomic E-state index is 12.1. The fourth-order valence-electron chi connectivity index (χ4n) is 2.17. The summed E-state index contributed by atoms with van der Waals surface area (Å²) in [6.07, 6.45) is 3.64. The van der Waals surface area contributed by atoms with Crippen molar-refractivity contribution in [1.29, 1.82) is 0 Å². The molecule has 3 rings (SSSR count). The van der Waals surface area contributed by atoms with Crippen LogP contribution < -0.4 is 16.6 Å². The number of carbonyl (C=O) groups excluding carboxylic acids is 1. The number of carbonyl (C=O) groups is 1. The van der Waals surface area contributed by atoms with Gasteiger partial charge in [0.25, 0.3) is 11.5 Å². The van der Waals surface area contributed by atoms with E-state index in [1.807, 2.05) is 0 Å². The minimum atomic E-state index is -0.374. The Morgan fingerprint density at radius 3 is 3.16 bits per heavy atom. The standard InChI is InChI=1S/C12H16N4O2S/c13-9(7-1-2-7)6-14-10(17)8-5-15-12-16(11(8)18)3-4-19-12/h5,7,9H,1-4,6,13H2,(H,14,17). The monoisotopic (exact) mass is 280 g/mol. The summed E-state index contributed by atoms with van der Waals surface area (Å²) in [6, 6.07) is -0.00959. The number of fused-ring (bicyclic) bond motifs is 1. The van der Waals surface area contributed by atoms with E-state index >= 15 is 0 Å². The van der Waals surface area contributed by atoms with E-state index in [0.717, 1.165) is 18.6 Å². The van der Waals surface area contributed by atoms with Gasteiger partial charge in [-0.3, -0.25) is 14.2 Å². The molecule has 0 aromatic carbocycles. The zero-order valence-corrected chi connectivity index (χ0v) is 11.3. The molecule has 2 aliphatic rings. The van der Waals surface area contributed by atoms with Gasteiger partial charge in [-0.25, -0.2) is 4.98 Å². The molecule has 102 valence electrons. The number of nitrogens with one attached hydrogen (secondary N) is 1. The van der Waals surface area contributed by atoms with Crippen molar-refractivity contribution in [3.63, 3.8) is 0 Å². The lowest BCUT2D eigenvalue weighted by molar-refractivity contribution is 0.0947. The van der Waals surface area contributed by atoms with Crippen LogP contribution in [0, 0.1) is 5.92 Å². The maximum absolute atomic E-state index is 12.1. The Kier molecular flexibility index (Phi) is 3.32. The number of aromatic nitrogens is 2. The molecule has 0 spiro atoms. The summed E-state index contributed by atoms with van der Waals surface area (Å²) in [5.41, 5.74) is 5.77. The zero-order chi connectivity index (χ0) is 13.4. The molecule has 7 heteroatoms. The van der Waals surface area contributed by atoms with E-state index in [9.17, 15) is 9.59 Å². The van der Waals surface area contributed by atoms with E-state index in [0.29, 0.717) is 24.2 Å². The van der Waals surface area contributed by atoms with Crippen molar-refractivity contribution in [2.75, 3.05) is 12.3 Å². The first-order valence-corrected chi connectivity index (χ1v) is 7.42. The Morgan fingerprint density at radius 2 is 2.42 bits per heavy atom. The Morgan fingerprint density at radius 1 is 1.63 bits per heavy atom. The third-order valence-corrected chi connectivity index (χ3v) is 4.50. The van der Waals surface area contributed by atoms with E-state index in [-0.39, 0.29) is 23.1 Å². The van der Waals surface area contributed by atoms with Gasteiger partial charge < -0.3 is 11.1 Å². The predicted octanol–water partition coefficient (Wildman–Crippen LogP) is -0.184. The molecule has 1 aromatic rings. The number of thioether (sulfide) groups is 1. The van der Waals surface area contributed by atoms with Crippen molar-refractivity contribution in [1.82, 2.24) is 14.9 Å². The van der Waals surface area contributed by atoms with Crippen molar-refractivity contribution in [2.45, 2.75) is 30.6 Å². The highest BCUT2D eigenvalue weighted by Gasteiger charge is 2.29. The van der Waals surface area contributed by atoms with E-state index in [1.54, 1.807) is 4.57 Å². The third-order valence-electron chi connectivity index (χ3n) is 3.53. The van der Waals surface area contributed by atoms with Crippen LogP contribution in [-0.2, 0) is 6.54 Å². The fraction of sp³-hybridized carbons (Fsp3) is 0.583. The lowest BCUT2D eigenvalue weighted by atomic mass is 10.2. The normalized spacial score (nSPS) is 19.0. The molecule has 0 bridgehead atoms. The van der Waals surface area contributed by atoms with Crippen molar-refractivity contribution in [3.05, 3.63) is 22.1 Å². The van der Waals surface area contributed by atoms with Gasteiger partial charge in [-0.05, 0) is 18.8 Å². The second kappa shape index (κ2) is 4.97. The fourth-order valence-corrected chi connectivity index (χ4v) is 3.08. The van der Waals surface area contributed by atoms with Gasteiger partial charge in [0.2, 0.25) is 0 Å². The number of hydrogen-bond donors (Lipinski definition) is 2. The first-order chi connectivity index (χ1) is 9.16. The van der Waals surface area contributed by atoms with E-state index < -0.39 is 0 Å². The van der Waals surface area contributed by atoms with Gasteiger partial charge in [-0.1, -0.05) is 11.8 Å². The lowest BCUT2D eigenvalue weighted by Gasteiger charge is -2.11. The molecular weight excluding hydrogens is 264 g/mol. The molecule has 1 unspecified atom stereocenters. The second-order valence-electron chi connectivity index (χ2n) is 4.97. The van der Waals surface area contributed by atoms with Crippen LogP contribution in [0.2, 0.25) is 0 Å². The number of hydrogen-bond acceptors (Lipinski definition) is 5. The summed E-state index contributed by atoms with van der Waals surface area (Å²) in [7, 11) is 0. The Labute approximate surface area is 114 Å². The largest absolute Gasteiger partial charge is 0.350 e. The molecule has 0 radical (unpaired) electrons. The number of amides is 1. The first-order valence-electron chi connectivity index (χ1n) is 6.43. The predicted molar refractivity (Wildman–Crippen MR) is 72.3 cm³/mol. The van der Waals surface area contributed by atoms with Gasteiger partial charge in [0.15, 0.2) is 5.16 Å². The molecule has 19 heavy (non-hydrogen) atoms. The third kappa shape index (κ3) is 2.52. The van der Waals surface area contributed by atoms with Crippen molar-refractivity contribution in [2.24, 2.45) is 11.7 Å². The molecule has 2 heterocycles. The maximum Gasteiger partial charge on any atom is 0.267 e. The Hall–Kier alpha value is -1.34. The average molecular weight is 280 g/mol. The molecule has 1 fully saturated rings. The van der Waals surface area contributed by atoms with Crippen LogP contribution >= 0.6 is 11.8 Å². The van der Waals surface area contributed by atoms with E-state index in [2.05, 4.69) is 10.3 Å². The smallest absolute Gasteiger partial charge is 0.267 e. The highest BCUT2D eigenvalue weighted by atomic mass is 32.2. The molecule has 6 nitrogen and oxygen atoms in total. The minimum absolute atomic E-state index is 0.00959. The number of rotatable bonds is 4. The highest BCUT2D eigenvalue weighted by molar-refractivity contribution is 7.99. The van der Waals surface area contributed by atoms with Gasteiger partial charge in [0.1, 0.15) is 5.56 Å². The van der Waals surface area contributed by atoms with Gasteiger partial charge in [0, 0.05) is 31.1 Å². The molecule has 1 saturated carbocycles. The molecule has 3 N–H and O–H groups in total. The Balaban J connectivity index is 1.71. The summed E-state index contributed by atoms with van der Waals surface area (Å²) in [5, 5.41) is 3.42. The SMILES string of the molecule is NC(CNC(=O)c1cnc2n(c1=O)CCS2)C1CC1. The molecule has 1 aromatic heterocycles. The Bertz CT molecular complexity index is 567. The van der Waals surface area contributed by atoms with Crippen molar-refractivity contribution in [3.8, 4) is 0 Å². The summed E-state index contributed by atoms with van der Waals surface area (Å²) in [6.45, 7) is 1.04. The average Bonchev–Trinajstić information content (AvgIpc) is 3.14. The number of nitrogens with zero attached hydrogens (tertiary/aromatic N) is 2. The van der Waals surface area contributed by atoms with Crippen LogP contribution in [-0.4, -0.2) is 33.8 Å². The summed E-state index contributed by atoms with van der Waals surface area (Å²) in [5.74, 6) is 0.983. The molecule has 0 saturated heterocycles. The quantitative estimate of drug-likeness (QED) is 0.747. The van der Waals surface area contributed by atoms with Gasteiger partial charge in [0.05, 0.1) is 0 Å². The van der Waals surface area contributed by atoms with Crippen LogP contribution in [0.5, 0.6) is 0 Å². The highest BCUT2D eigenvalue weighted by Crippen LogP contribution is 2.31. The summed E-state index contributed by atoms with van der Waals surface area (Å²) in [4.78, 5) is 28.2. The van der Waals surface area contributed by atoms with E-state index in [1.165, 1.54) is 18.0 Å². The van der Waals surface area contributed by atoms with E-state index in [4.69, 9.17) is 5.73 Å². The number of nitrogens with two attached hydrogens (primary N) is 1. The topological polar surface area (TPSA) is 90.0 Å². The molecule has 1 atom stereocenters. The van der Waals surface area contributed by atoms with Crippen molar-refractivity contribution < 1.29 is 4.79 Å². The second-order valence-corrected chi connectivity index (χ2v) is 6.03. The van der Waals surface area contributed by atoms with Crippen LogP contribution in [0.3, 0.4) is 0 Å². The van der Waals surface area contributed by atoms with Gasteiger partial charge >= 0.3 is 0 Å². The van der Waals surface area contributed by atoms with Gasteiger partial charge in [-0.15, -0.1) is 0 Å². The van der Waals surface area contributed by atoms with Crippen molar-refractivity contribution >= 4 is 17.7 Å². The molecule has 1 aliphatic carbocycles. The zero-order valence-electron chi connectivity index (χ0n) is 10.5. The minimum Gasteiger partial charge on any atom is -0.350 e. The molecular formula is C12H16N4O2S. The van der Waals surface area contributed by atoms with Crippen LogP contribution in [0.25, 0.3) is 0 Å². The van der Waals surface area contributed by atoms with Crippen LogP contribution in [0.15, 0.2) is 16.1 Å².